The van der Waals surface area contributed by atoms with Crippen LogP contribution < -0.4 is 15.4 Å². The Bertz CT molecular complexity index is 661. The molecule has 2 N–H and O–H groups in total. The van der Waals surface area contributed by atoms with Gasteiger partial charge < -0.3 is 15.4 Å². The molecule has 0 aliphatic carbocycles. The van der Waals surface area contributed by atoms with E-state index in [9.17, 15) is 4.79 Å². The molecule has 2 aromatic rings. The van der Waals surface area contributed by atoms with E-state index in [4.69, 9.17) is 16.3 Å². The molecule has 0 radical (unpaired) electrons. The molecule has 23 heavy (non-hydrogen) atoms. The van der Waals surface area contributed by atoms with Crippen LogP contribution in [0.3, 0.4) is 0 Å². The van der Waals surface area contributed by atoms with Crippen LogP contribution in [-0.2, 0) is 6.54 Å². The Morgan fingerprint density at radius 3 is 2.48 bits per heavy atom. The summed E-state index contributed by atoms with van der Waals surface area (Å²) >= 11 is 6.19. The maximum Gasteiger partial charge on any atom is 0.319 e. The molecule has 122 valence electrons. The van der Waals surface area contributed by atoms with Gasteiger partial charge in [-0.3, -0.25) is 0 Å². The van der Waals surface area contributed by atoms with Gasteiger partial charge >= 0.3 is 6.03 Å². The lowest BCUT2D eigenvalue weighted by atomic mass is 10.1. The molecular weight excluding hydrogens is 312 g/mol. The van der Waals surface area contributed by atoms with Gasteiger partial charge in [0, 0.05) is 6.54 Å². The van der Waals surface area contributed by atoms with Gasteiger partial charge in [0.2, 0.25) is 0 Å². The van der Waals surface area contributed by atoms with Crippen molar-refractivity contribution in [3.05, 3.63) is 58.1 Å². The summed E-state index contributed by atoms with van der Waals surface area (Å²) in [5.74, 6) is 0.822. The second-order valence-electron chi connectivity index (χ2n) is 5.32. The van der Waals surface area contributed by atoms with Crippen molar-refractivity contribution in [1.29, 1.82) is 0 Å². The Morgan fingerprint density at radius 1 is 1.17 bits per heavy atom. The van der Waals surface area contributed by atoms with Gasteiger partial charge in [0.25, 0.3) is 0 Å². The van der Waals surface area contributed by atoms with Gasteiger partial charge in [-0.05, 0) is 55.7 Å². The molecule has 0 unspecified atom stereocenters. The maximum atomic E-state index is 12.0. The molecule has 0 saturated carbocycles. The summed E-state index contributed by atoms with van der Waals surface area (Å²) in [6.45, 7) is 6.89. The van der Waals surface area contributed by atoms with Crippen molar-refractivity contribution in [3.63, 3.8) is 0 Å². The molecule has 0 aromatic heterocycles. The van der Waals surface area contributed by atoms with Crippen LogP contribution >= 0.6 is 11.6 Å². The fraction of sp³-hybridized carbons (Fsp3) is 0.278. The zero-order valence-corrected chi connectivity index (χ0v) is 14.3. The summed E-state index contributed by atoms with van der Waals surface area (Å²) in [6.07, 6.45) is 0. The van der Waals surface area contributed by atoms with Crippen LogP contribution in [-0.4, -0.2) is 12.6 Å². The largest absolute Gasteiger partial charge is 0.494 e. The molecule has 0 atom stereocenters. The van der Waals surface area contributed by atoms with Crippen LogP contribution in [0.4, 0.5) is 10.5 Å². The van der Waals surface area contributed by atoms with Gasteiger partial charge in [-0.25, -0.2) is 4.79 Å². The van der Waals surface area contributed by atoms with Crippen molar-refractivity contribution >= 4 is 23.3 Å². The first-order chi connectivity index (χ1) is 11.0. The monoisotopic (exact) mass is 332 g/mol. The lowest BCUT2D eigenvalue weighted by Gasteiger charge is -2.12. The molecule has 4 nitrogen and oxygen atoms in total. The van der Waals surface area contributed by atoms with Gasteiger partial charge in [-0.15, -0.1) is 0 Å². The highest BCUT2D eigenvalue weighted by atomic mass is 35.5. The summed E-state index contributed by atoms with van der Waals surface area (Å²) in [4.78, 5) is 12.0. The number of halogens is 1. The second-order valence-corrected chi connectivity index (χ2v) is 5.73. The van der Waals surface area contributed by atoms with E-state index < -0.39 is 0 Å². The number of carbonyl (C=O) groups excluding carboxylic acids is 1. The van der Waals surface area contributed by atoms with Crippen molar-refractivity contribution in [3.8, 4) is 5.75 Å². The first-order valence-electron chi connectivity index (χ1n) is 7.53. The zero-order valence-electron chi connectivity index (χ0n) is 13.6. The molecular formula is C18H21ClN2O2. The standard InChI is InChI=1S/C18H21ClN2O2/c1-4-23-15-7-5-14(6-8-15)11-20-18(22)21-17-13(3)9-12(2)10-16(17)19/h5-10H,4,11H2,1-3H3,(H2,20,21,22). The summed E-state index contributed by atoms with van der Waals surface area (Å²) in [6, 6.07) is 11.2. The number of aryl methyl sites for hydroxylation is 2. The highest BCUT2D eigenvalue weighted by Crippen LogP contribution is 2.27. The number of anilines is 1. The Hall–Kier alpha value is -2.20. The third-order valence-electron chi connectivity index (χ3n) is 3.36. The Balaban J connectivity index is 1.93. The lowest BCUT2D eigenvalue weighted by Crippen LogP contribution is -2.28. The number of nitrogens with one attached hydrogen (secondary N) is 2. The Morgan fingerprint density at radius 2 is 1.87 bits per heavy atom. The maximum absolute atomic E-state index is 12.0. The number of hydrogen-bond acceptors (Lipinski definition) is 2. The van der Waals surface area contributed by atoms with Crippen molar-refractivity contribution in [2.24, 2.45) is 0 Å². The first kappa shape index (κ1) is 17.2. The summed E-state index contributed by atoms with van der Waals surface area (Å²) in [5.41, 5.74) is 3.64. The molecule has 0 aliphatic heterocycles. The number of ether oxygens (including phenoxy) is 1. The minimum Gasteiger partial charge on any atom is -0.494 e. The van der Waals surface area contributed by atoms with Crippen LogP contribution in [0.2, 0.25) is 5.02 Å². The highest BCUT2D eigenvalue weighted by molar-refractivity contribution is 6.34. The molecule has 0 spiro atoms. The molecule has 5 heteroatoms. The highest BCUT2D eigenvalue weighted by Gasteiger charge is 2.09. The minimum absolute atomic E-state index is 0.285. The quantitative estimate of drug-likeness (QED) is 0.835. The van der Waals surface area contributed by atoms with Crippen LogP contribution in [0.1, 0.15) is 23.6 Å². The van der Waals surface area contributed by atoms with Crippen molar-refractivity contribution < 1.29 is 9.53 Å². The molecule has 2 aromatic carbocycles. The summed E-state index contributed by atoms with van der Waals surface area (Å²) < 4.78 is 5.39. The van der Waals surface area contributed by atoms with Crippen LogP contribution in [0.15, 0.2) is 36.4 Å². The van der Waals surface area contributed by atoms with Gasteiger partial charge in [-0.1, -0.05) is 29.8 Å². The third-order valence-corrected chi connectivity index (χ3v) is 3.66. The smallest absolute Gasteiger partial charge is 0.319 e. The minimum atomic E-state index is -0.285. The SMILES string of the molecule is CCOc1ccc(CNC(=O)Nc2c(C)cc(C)cc2Cl)cc1. The van der Waals surface area contributed by atoms with E-state index in [2.05, 4.69) is 10.6 Å². The van der Waals surface area contributed by atoms with E-state index in [1.165, 1.54) is 0 Å². The fourth-order valence-electron chi connectivity index (χ4n) is 2.28. The number of rotatable bonds is 5. The zero-order chi connectivity index (χ0) is 16.8. The normalized spacial score (nSPS) is 10.3. The molecule has 0 heterocycles. The average molecular weight is 333 g/mol. The van der Waals surface area contributed by atoms with Gasteiger partial charge in [0.05, 0.1) is 17.3 Å². The summed E-state index contributed by atoms with van der Waals surface area (Å²) in [5, 5.41) is 6.16. The van der Waals surface area contributed by atoms with Crippen molar-refractivity contribution in [2.45, 2.75) is 27.3 Å². The van der Waals surface area contributed by atoms with E-state index in [0.29, 0.717) is 23.9 Å². The van der Waals surface area contributed by atoms with E-state index in [-0.39, 0.29) is 6.03 Å². The molecule has 2 rings (SSSR count). The van der Waals surface area contributed by atoms with Crippen LogP contribution in [0.5, 0.6) is 5.75 Å². The molecule has 0 fully saturated rings. The third kappa shape index (κ3) is 4.89. The number of carbonyl (C=O) groups is 1. The van der Waals surface area contributed by atoms with Gasteiger partial charge in [0.1, 0.15) is 5.75 Å². The molecule has 0 saturated heterocycles. The number of hydrogen-bond donors (Lipinski definition) is 2. The molecule has 0 bridgehead atoms. The predicted octanol–water partition coefficient (Wildman–Crippen LogP) is 4.68. The number of amides is 2. The van der Waals surface area contributed by atoms with E-state index in [0.717, 1.165) is 22.4 Å². The molecule has 2 amide bonds. The fourth-order valence-corrected chi connectivity index (χ4v) is 2.65. The van der Waals surface area contributed by atoms with E-state index >= 15 is 0 Å². The Kier molecular flexibility index (Phi) is 5.88. The first-order valence-corrected chi connectivity index (χ1v) is 7.90. The van der Waals surface area contributed by atoms with Crippen LogP contribution in [0.25, 0.3) is 0 Å². The van der Waals surface area contributed by atoms with E-state index in [1.54, 1.807) is 0 Å². The predicted molar refractivity (Wildman–Crippen MR) is 94.4 cm³/mol. The average Bonchev–Trinajstić information content (AvgIpc) is 2.50. The van der Waals surface area contributed by atoms with Gasteiger partial charge in [0.15, 0.2) is 0 Å². The Labute approximate surface area is 141 Å². The molecule has 0 aliphatic rings. The number of urea groups is 1. The van der Waals surface area contributed by atoms with Gasteiger partial charge in [-0.2, -0.15) is 0 Å². The van der Waals surface area contributed by atoms with Crippen molar-refractivity contribution in [1.82, 2.24) is 5.32 Å². The second kappa shape index (κ2) is 7.88. The summed E-state index contributed by atoms with van der Waals surface area (Å²) in [7, 11) is 0. The van der Waals surface area contributed by atoms with E-state index in [1.807, 2.05) is 57.2 Å². The topological polar surface area (TPSA) is 50.4 Å². The lowest BCUT2D eigenvalue weighted by molar-refractivity contribution is 0.251. The number of benzene rings is 2. The van der Waals surface area contributed by atoms with Crippen LogP contribution in [0, 0.1) is 13.8 Å². The van der Waals surface area contributed by atoms with Crippen molar-refractivity contribution in [2.75, 3.05) is 11.9 Å².